The molecule has 0 saturated heterocycles. The van der Waals surface area contributed by atoms with Gasteiger partial charge < -0.3 is 20.0 Å². The Kier molecular flexibility index (Phi) is 7.34. The van der Waals surface area contributed by atoms with Crippen molar-refractivity contribution in [3.8, 4) is 17.2 Å². The van der Waals surface area contributed by atoms with E-state index in [-0.39, 0.29) is 6.42 Å². The number of oxazole rings is 1. The molecule has 6 heteroatoms. The largest absolute Gasteiger partial charge is 0.493 e. The van der Waals surface area contributed by atoms with Crippen LogP contribution in [0.15, 0.2) is 40.8 Å². The van der Waals surface area contributed by atoms with E-state index in [1.54, 1.807) is 0 Å². The van der Waals surface area contributed by atoms with Crippen LogP contribution in [0.4, 0.5) is 5.69 Å². The number of aromatic nitrogens is 1. The Labute approximate surface area is 183 Å². The fourth-order valence-electron chi connectivity index (χ4n) is 3.50. The topological polar surface area (TPSA) is 98.6 Å². The number of anilines is 1. The average Bonchev–Trinajstić information content (AvgIpc) is 3.10. The van der Waals surface area contributed by atoms with E-state index in [1.807, 2.05) is 50.2 Å². The third kappa shape index (κ3) is 5.87. The zero-order valence-electron chi connectivity index (χ0n) is 18.4. The summed E-state index contributed by atoms with van der Waals surface area (Å²) in [6, 6.07) is 11.7. The van der Waals surface area contributed by atoms with Gasteiger partial charge in [0.15, 0.2) is 0 Å². The smallest absolute Gasteiger partial charge is 0.303 e. The molecule has 31 heavy (non-hydrogen) atoms. The first-order valence-corrected chi connectivity index (χ1v) is 10.7. The first-order valence-electron chi connectivity index (χ1n) is 10.7. The monoisotopic (exact) mass is 422 g/mol. The molecule has 3 N–H and O–H groups in total. The van der Waals surface area contributed by atoms with Crippen molar-refractivity contribution in [3.05, 3.63) is 64.5 Å². The molecule has 0 bridgehead atoms. The maximum absolute atomic E-state index is 10.9. The van der Waals surface area contributed by atoms with E-state index in [0.717, 1.165) is 52.3 Å². The zero-order chi connectivity index (χ0) is 22.4. The van der Waals surface area contributed by atoms with Gasteiger partial charge in [-0.1, -0.05) is 25.5 Å². The van der Waals surface area contributed by atoms with Crippen LogP contribution in [0.1, 0.15) is 47.9 Å². The van der Waals surface area contributed by atoms with E-state index in [0.29, 0.717) is 31.0 Å². The summed E-state index contributed by atoms with van der Waals surface area (Å²) < 4.78 is 11.8. The van der Waals surface area contributed by atoms with Gasteiger partial charge in [-0.3, -0.25) is 4.79 Å². The molecule has 0 aliphatic rings. The Hall–Kier alpha value is -3.28. The zero-order valence-corrected chi connectivity index (χ0v) is 18.4. The van der Waals surface area contributed by atoms with E-state index in [4.69, 9.17) is 20.0 Å². The summed E-state index contributed by atoms with van der Waals surface area (Å²) in [5.74, 6) is 1.34. The number of hydrogen-bond acceptors (Lipinski definition) is 5. The normalized spacial score (nSPS) is 10.9. The number of carboxylic acids is 1. The van der Waals surface area contributed by atoms with Gasteiger partial charge in [0.1, 0.15) is 11.5 Å². The maximum atomic E-state index is 10.9. The van der Waals surface area contributed by atoms with E-state index in [1.165, 1.54) is 0 Å². The Morgan fingerprint density at radius 2 is 1.90 bits per heavy atom. The second-order valence-electron chi connectivity index (χ2n) is 7.77. The van der Waals surface area contributed by atoms with Crippen LogP contribution in [0.2, 0.25) is 0 Å². The van der Waals surface area contributed by atoms with Crippen LogP contribution in [0, 0.1) is 13.8 Å². The molecule has 6 nitrogen and oxygen atoms in total. The van der Waals surface area contributed by atoms with Crippen molar-refractivity contribution >= 4 is 11.7 Å². The number of ether oxygens (including phenoxy) is 1. The summed E-state index contributed by atoms with van der Waals surface area (Å²) >= 11 is 0. The highest BCUT2D eigenvalue weighted by atomic mass is 16.5. The van der Waals surface area contributed by atoms with Crippen LogP contribution in [0.25, 0.3) is 11.5 Å². The number of nitrogen functional groups attached to an aromatic ring is 1. The summed E-state index contributed by atoms with van der Waals surface area (Å²) in [5, 5.41) is 8.95. The Morgan fingerprint density at radius 3 is 2.61 bits per heavy atom. The number of hydrogen-bond donors (Lipinski definition) is 2. The molecule has 0 atom stereocenters. The van der Waals surface area contributed by atoms with Gasteiger partial charge in [-0.15, -0.1) is 0 Å². The highest BCUT2D eigenvalue weighted by molar-refractivity contribution is 5.67. The number of rotatable bonds is 10. The molecule has 2 aromatic carbocycles. The standard InChI is InChI=1S/C25H30N2O4/c1-4-5-19-14-21(10-8-18(19)9-11-24(28)29)30-13-12-23-17(3)31-25(27-23)20-7-6-16(2)22(26)15-20/h6-8,10,14-15H,4-5,9,11-13,26H2,1-3H3,(H,28,29). The van der Waals surface area contributed by atoms with E-state index < -0.39 is 5.97 Å². The van der Waals surface area contributed by atoms with Gasteiger partial charge in [-0.25, -0.2) is 4.98 Å². The highest BCUT2D eigenvalue weighted by Gasteiger charge is 2.13. The minimum absolute atomic E-state index is 0.136. The maximum Gasteiger partial charge on any atom is 0.303 e. The van der Waals surface area contributed by atoms with E-state index in [2.05, 4.69) is 11.9 Å². The van der Waals surface area contributed by atoms with Crippen LogP contribution in [-0.4, -0.2) is 22.7 Å². The van der Waals surface area contributed by atoms with E-state index >= 15 is 0 Å². The summed E-state index contributed by atoms with van der Waals surface area (Å²) in [6.07, 6.45) is 3.19. The third-order valence-corrected chi connectivity index (χ3v) is 5.33. The quantitative estimate of drug-likeness (QED) is 0.439. The number of nitrogens with zero attached hydrogens (tertiary/aromatic N) is 1. The number of benzene rings is 2. The molecule has 0 radical (unpaired) electrons. The van der Waals surface area contributed by atoms with Crippen LogP contribution >= 0.6 is 0 Å². The van der Waals surface area contributed by atoms with Crippen molar-refractivity contribution < 1.29 is 19.1 Å². The number of aryl methyl sites for hydroxylation is 4. The second kappa shape index (κ2) is 10.2. The lowest BCUT2D eigenvalue weighted by Crippen LogP contribution is -2.05. The van der Waals surface area contributed by atoms with Crippen molar-refractivity contribution in [1.82, 2.24) is 4.98 Å². The molecule has 1 aromatic heterocycles. The molecule has 3 aromatic rings. The molecule has 0 aliphatic heterocycles. The Bertz CT molecular complexity index is 1060. The first-order chi connectivity index (χ1) is 14.9. The number of nitrogens with two attached hydrogens (primary N) is 1. The molecule has 0 aliphatic carbocycles. The SMILES string of the molecule is CCCc1cc(OCCc2nc(-c3ccc(C)c(N)c3)oc2C)ccc1CCC(=O)O. The molecular weight excluding hydrogens is 392 g/mol. The Balaban J connectivity index is 1.64. The fourth-order valence-corrected chi connectivity index (χ4v) is 3.50. The third-order valence-electron chi connectivity index (χ3n) is 5.33. The van der Waals surface area contributed by atoms with Crippen LogP contribution in [-0.2, 0) is 24.1 Å². The van der Waals surface area contributed by atoms with Crippen molar-refractivity contribution in [1.29, 1.82) is 0 Å². The van der Waals surface area contributed by atoms with Gasteiger partial charge in [0.05, 0.1) is 12.3 Å². The van der Waals surface area contributed by atoms with Gasteiger partial charge in [-0.05, 0) is 67.6 Å². The molecule has 0 spiro atoms. The molecule has 3 rings (SSSR count). The number of aliphatic carboxylic acids is 1. The lowest BCUT2D eigenvalue weighted by molar-refractivity contribution is -0.136. The van der Waals surface area contributed by atoms with Crippen molar-refractivity contribution in [2.75, 3.05) is 12.3 Å². The van der Waals surface area contributed by atoms with Gasteiger partial charge in [0, 0.05) is 24.1 Å². The molecule has 0 saturated carbocycles. The van der Waals surface area contributed by atoms with Gasteiger partial charge in [-0.2, -0.15) is 0 Å². The van der Waals surface area contributed by atoms with Crippen LogP contribution < -0.4 is 10.5 Å². The van der Waals surface area contributed by atoms with Crippen molar-refractivity contribution in [3.63, 3.8) is 0 Å². The minimum atomic E-state index is -0.779. The van der Waals surface area contributed by atoms with Gasteiger partial charge in [0.25, 0.3) is 0 Å². The molecule has 0 amide bonds. The van der Waals surface area contributed by atoms with Crippen LogP contribution in [0.3, 0.4) is 0 Å². The second-order valence-corrected chi connectivity index (χ2v) is 7.77. The minimum Gasteiger partial charge on any atom is -0.493 e. The molecule has 0 fully saturated rings. The molecule has 164 valence electrons. The summed E-state index contributed by atoms with van der Waals surface area (Å²) in [7, 11) is 0. The van der Waals surface area contributed by atoms with Crippen molar-refractivity contribution in [2.45, 2.75) is 52.9 Å². The first kappa shape index (κ1) is 22.4. The lowest BCUT2D eigenvalue weighted by Gasteiger charge is -2.12. The fraction of sp³-hybridized carbons (Fsp3) is 0.360. The Morgan fingerprint density at radius 1 is 1.10 bits per heavy atom. The van der Waals surface area contributed by atoms with Gasteiger partial charge in [0.2, 0.25) is 5.89 Å². The molecule has 0 unspecified atom stereocenters. The lowest BCUT2D eigenvalue weighted by atomic mass is 9.99. The molecule has 1 heterocycles. The summed E-state index contributed by atoms with van der Waals surface area (Å²) in [5.41, 5.74) is 11.7. The number of carboxylic acid groups (broad SMARTS) is 1. The van der Waals surface area contributed by atoms with Gasteiger partial charge >= 0.3 is 5.97 Å². The predicted molar refractivity (Wildman–Crippen MR) is 121 cm³/mol. The summed E-state index contributed by atoms with van der Waals surface area (Å²) in [4.78, 5) is 15.5. The summed E-state index contributed by atoms with van der Waals surface area (Å²) in [6.45, 7) is 6.46. The van der Waals surface area contributed by atoms with Crippen LogP contribution in [0.5, 0.6) is 5.75 Å². The average molecular weight is 423 g/mol. The highest BCUT2D eigenvalue weighted by Crippen LogP contribution is 2.26. The predicted octanol–water partition coefficient (Wildman–Crippen LogP) is 5.13. The van der Waals surface area contributed by atoms with Crippen molar-refractivity contribution in [2.24, 2.45) is 0 Å². The number of carbonyl (C=O) groups is 1. The molecular formula is C25H30N2O4. The van der Waals surface area contributed by atoms with E-state index in [9.17, 15) is 4.79 Å².